The quantitative estimate of drug-likeness (QED) is 0.908. The van der Waals surface area contributed by atoms with Crippen molar-refractivity contribution in [2.45, 2.75) is 32.2 Å². The van der Waals surface area contributed by atoms with Gasteiger partial charge in [0.25, 0.3) is 5.91 Å². The number of aliphatic carboxylic acids is 1. The first-order valence-electron chi connectivity index (χ1n) is 7.18. The minimum atomic E-state index is -0.800. The van der Waals surface area contributed by atoms with Gasteiger partial charge in [-0.1, -0.05) is 11.6 Å². The minimum absolute atomic E-state index is 0.121. The molecule has 0 bridgehead atoms. The number of aryl methyl sites for hydroxylation is 1. The highest BCUT2D eigenvalue weighted by atomic mass is 35.5. The molecule has 1 amide bonds. The molecular formula is C16H16ClNO4. The summed E-state index contributed by atoms with van der Waals surface area (Å²) in [6.07, 6.45) is 1.73. The molecule has 5 nitrogen and oxygen atoms in total. The van der Waals surface area contributed by atoms with E-state index in [1.54, 1.807) is 18.2 Å². The first-order valence-corrected chi connectivity index (χ1v) is 7.56. The number of halogens is 1. The van der Waals surface area contributed by atoms with Crippen LogP contribution >= 0.6 is 11.6 Å². The fraction of sp³-hybridized carbons (Fsp3) is 0.375. The van der Waals surface area contributed by atoms with Gasteiger partial charge in [-0.15, -0.1) is 0 Å². The van der Waals surface area contributed by atoms with E-state index in [-0.39, 0.29) is 23.6 Å². The lowest BCUT2D eigenvalue weighted by Crippen LogP contribution is -2.33. The van der Waals surface area contributed by atoms with Crippen LogP contribution < -0.4 is 5.32 Å². The van der Waals surface area contributed by atoms with E-state index in [0.717, 1.165) is 10.9 Å². The Hall–Kier alpha value is -2.01. The monoisotopic (exact) mass is 321 g/mol. The first kappa shape index (κ1) is 14.9. The topological polar surface area (TPSA) is 79.5 Å². The molecule has 0 unspecified atom stereocenters. The van der Waals surface area contributed by atoms with Gasteiger partial charge in [-0.25, -0.2) is 0 Å². The number of benzene rings is 1. The summed E-state index contributed by atoms with van der Waals surface area (Å²) in [5.41, 5.74) is 1.35. The molecule has 0 radical (unpaired) electrons. The number of carboxylic acid groups (broad SMARTS) is 1. The summed E-state index contributed by atoms with van der Waals surface area (Å²) < 4.78 is 5.61. The number of carbonyl (C=O) groups is 2. The number of nitrogens with one attached hydrogen (secondary N) is 1. The fourth-order valence-electron chi connectivity index (χ4n) is 3.00. The zero-order valence-electron chi connectivity index (χ0n) is 12.1. The average Bonchev–Trinajstić information content (AvgIpc) is 3.05. The van der Waals surface area contributed by atoms with E-state index in [1.807, 2.05) is 6.92 Å². The van der Waals surface area contributed by atoms with Crippen LogP contribution in [0.4, 0.5) is 0 Å². The maximum Gasteiger partial charge on any atom is 0.306 e. The van der Waals surface area contributed by atoms with Gasteiger partial charge in [0.1, 0.15) is 5.58 Å². The summed E-state index contributed by atoms with van der Waals surface area (Å²) in [6, 6.07) is 5.09. The second-order valence-corrected chi connectivity index (χ2v) is 6.15. The Kier molecular flexibility index (Phi) is 3.83. The molecule has 1 aromatic heterocycles. The van der Waals surface area contributed by atoms with Gasteiger partial charge < -0.3 is 14.8 Å². The highest BCUT2D eigenvalue weighted by Crippen LogP contribution is 2.29. The third-order valence-electron chi connectivity index (χ3n) is 4.22. The molecule has 1 fully saturated rings. The van der Waals surface area contributed by atoms with E-state index in [1.165, 1.54) is 0 Å². The molecule has 2 atom stereocenters. The molecule has 116 valence electrons. The second kappa shape index (κ2) is 5.65. The van der Waals surface area contributed by atoms with E-state index < -0.39 is 5.97 Å². The van der Waals surface area contributed by atoms with Crippen molar-refractivity contribution in [1.29, 1.82) is 0 Å². The van der Waals surface area contributed by atoms with Crippen molar-refractivity contribution in [2.75, 3.05) is 0 Å². The van der Waals surface area contributed by atoms with Crippen LogP contribution in [0.5, 0.6) is 0 Å². The Morgan fingerprint density at radius 3 is 2.82 bits per heavy atom. The molecule has 1 aliphatic carbocycles. The Morgan fingerprint density at radius 2 is 2.14 bits per heavy atom. The molecule has 1 aliphatic rings. The fourth-order valence-corrected chi connectivity index (χ4v) is 3.17. The summed E-state index contributed by atoms with van der Waals surface area (Å²) >= 11 is 5.96. The van der Waals surface area contributed by atoms with Crippen molar-refractivity contribution in [3.63, 3.8) is 0 Å². The molecule has 2 aromatic rings. The van der Waals surface area contributed by atoms with Gasteiger partial charge in [0.15, 0.2) is 5.76 Å². The van der Waals surface area contributed by atoms with E-state index >= 15 is 0 Å². The zero-order chi connectivity index (χ0) is 15.9. The molecule has 2 N–H and O–H groups in total. The standard InChI is InChI=1S/C16H16ClNO4/c1-8-12-7-10(17)3-5-13(12)22-14(8)15(19)18-11-4-2-9(6-11)16(20)21/h3,5,7,9,11H,2,4,6H2,1H3,(H,18,19)(H,20,21)/t9-,11+/m0/s1. The molecular weight excluding hydrogens is 306 g/mol. The molecule has 3 rings (SSSR count). The Morgan fingerprint density at radius 1 is 1.36 bits per heavy atom. The number of carbonyl (C=O) groups excluding carboxylic acids is 1. The number of carboxylic acids is 1. The third kappa shape index (κ3) is 2.68. The van der Waals surface area contributed by atoms with E-state index in [4.69, 9.17) is 21.1 Å². The van der Waals surface area contributed by atoms with Crippen LogP contribution in [0.15, 0.2) is 22.6 Å². The number of hydrogen-bond acceptors (Lipinski definition) is 3. The maximum atomic E-state index is 12.4. The maximum absolute atomic E-state index is 12.4. The number of fused-ring (bicyclic) bond motifs is 1. The molecule has 0 aliphatic heterocycles. The van der Waals surface area contributed by atoms with E-state index in [9.17, 15) is 9.59 Å². The summed E-state index contributed by atoms with van der Waals surface area (Å²) in [5.74, 6) is -1.22. The molecule has 1 heterocycles. The molecule has 0 saturated heterocycles. The highest BCUT2D eigenvalue weighted by molar-refractivity contribution is 6.31. The molecule has 0 spiro atoms. The van der Waals surface area contributed by atoms with Crippen LogP contribution in [0.25, 0.3) is 11.0 Å². The largest absolute Gasteiger partial charge is 0.481 e. The molecule has 1 aromatic carbocycles. The van der Waals surface area contributed by atoms with Crippen molar-refractivity contribution in [3.8, 4) is 0 Å². The highest BCUT2D eigenvalue weighted by Gasteiger charge is 2.31. The summed E-state index contributed by atoms with van der Waals surface area (Å²) in [5, 5.41) is 13.3. The van der Waals surface area contributed by atoms with Crippen molar-refractivity contribution in [2.24, 2.45) is 5.92 Å². The third-order valence-corrected chi connectivity index (χ3v) is 4.46. The van der Waals surface area contributed by atoms with Crippen LogP contribution in [0.2, 0.25) is 5.02 Å². The van der Waals surface area contributed by atoms with E-state index in [0.29, 0.717) is 29.9 Å². The van der Waals surface area contributed by atoms with Crippen LogP contribution in [0, 0.1) is 12.8 Å². The van der Waals surface area contributed by atoms with Crippen molar-refractivity contribution in [3.05, 3.63) is 34.5 Å². The normalized spacial score (nSPS) is 21.2. The number of rotatable bonds is 3. The van der Waals surface area contributed by atoms with Crippen LogP contribution in [-0.4, -0.2) is 23.0 Å². The smallest absolute Gasteiger partial charge is 0.306 e. The van der Waals surface area contributed by atoms with E-state index in [2.05, 4.69) is 5.32 Å². The van der Waals surface area contributed by atoms with Gasteiger partial charge in [0.05, 0.1) is 5.92 Å². The molecule has 22 heavy (non-hydrogen) atoms. The molecule has 1 saturated carbocycles. The number of furan rings is 1. The first-order chi connectivity index (χ1) is 10.5. The lowest BCUT2D eigenvalue weighted by molar-refractivity contribution is -0.141. The van der Waals surface area contributed by atoms with Gasteiger partial charge in [-0.2, -0.15) is 0 Å². The number of amides is 1. The summed E-state index contributed by atoms with van der Waals surface area (Å²) in [6.45, 7) is 1.81. The Balaban J connectivity index is 1.78. The Bertz CT molecular complexity index is 752. The SMILES string of the molecule is Cc1c(C(=O)N[C@@H]2CC[C@H](C(=O)O)C2)oc2ccc(Cl)cc12. The van der Waals surface area contributed by atoms with Crippen LogP contribution in [0.1, 0.15) is 35.4 Å². The van der Waals surface area contributed by atoms with Gasteiger partial charge in [0, 0.05) is 22.0 Å². The average molecular weight is 322 g/mol. The lowest BCUT2D eigenvalue weighted by Gasteiger charge is -2.11. The van der Waals surface area contributed by atoms with Gasteiger partial charge in [0.2, 0.25) is 0 Å². The van der Waals surface area contributed by atoms with Crippen LogP contribution in [0.3, 0.4) is 0 Å². The van der Waals surface area contributed by atoms with Crippen molar-refractivity contribution in [1.82, 2.24) is 5.32 Å². The van der Waals surface area contributed by atoms with Gasteiger partial charge >= 0.3 is 5.97 Å². The zero-order valence-corrected chi connectivity index (χ0v) is 12.8. The van der Waals surface area contributed by atoms with Gasteiger partial charge in [-0.3, -0.25) is 9.59 Å². The van der Waals surface area contributed by atoms with Crippen molar-refractivity contribution < 1.29 is 19.1 Å². The predicted octanol–water partition coefficient (Wildman–Crippen LogP) is 3.38. The Labute approximate surface area is 132 Å². The summed E-state index contributed by atoms with van der Waals surface area (Å²) in [4.78, 5) is 23.3. The molecule has 6 heteroatoms. The lowest BCUT2D eigenvalue weighted by atomic mass is 10.1. The van der Waals surface area contributed by atoms with Crippen LogP contribution in [-0.2, 0) is 4.79 Å². The second-order valence-electron chi connectivity index (χ2n) is 5.72. The summed E-state index contributed by atoms with van der Waals surface area (Å²) in [7, 11) is 0. The number of hydrogen-bond donors (Lipinski definition) is 2. The van der Waals surface area contributed by atoms with Crippen molar-refractivity contribution >= 4 is 34.4 Å². The predicted molar refractivity (Wildman–Crippen MR) is 82.2 cm³/mol. The van der Waals surface area contributed by atoms with Gasteiger partial charge in [-0.05, 0) is 44.4 Å². The minimum Gasteiger partial charge on any atom is -0.481 e.